The quantitative estimate of drug-likeness (QED) is 0.448. The van der Waals surface area contributed by atoms with Gasteiger partial charge >= 0.3 is 5.97 Å². The van der Waals surface area contributed by atoms with Crippen LogP contribution in [0.25, 0.3) is 0 Å². The predicted octanol–water partition coefficient (Wildman–Crippen LogP) is 2.92. The third-order valence-electron chi connectivity index (χ3n) is 5.27. The van der Waals surface area contributed by atoms with Crippen LogP contribution in [0.4, 0.5) is 11.4 Å². The van der Waals surface area contributed by atoms with E-state index in [-0.39, 0.29) is 18.1 Å². The van der Waals surface area contributed by atoms with E-state index in [9.17, 15) is 25.0 Å². The van der Waals surface area contributed by atoms with Gasteiger partial charge in [0.25, 0.3) is 11.4 Å². The molecular weight excluding hydrogens is 342 g/mol. The largest absolute Gasteiger partial charge is 0.462 e. The van der Waals surface area contributed by atoms with E-state index in [1.54, 1.807) is 0 Å². The Kier molecular flexibility index (Phi) is 5.46. The zero-order chi connectivity index (χ0) is 18.7. The molecule has 26 heavy (non-hydrogen) atoms. The Labute approximate surface area is 150 Å². The molecule has 2 aliphatic rings. The van der Waals surface area contributed by atoms with Crippen molar-refractivity contribution < 1.29 is 19.4 Å². The van der Waals surface area contributed by atoms with Gasteiger partial charge in [-0.25, -0.2) is 4.79 Å². The van der Waals surface area contributed by atoms with Gasteiger partial charge in [0.15, 0.2) is 0 Å². The maximum Gasteiger partial charge on any atom is 0.345 e. The van der Waals surface area contributed by atoms with Gasteiger partial charge in [0.05, 0.1) is 22.5 Å². The van der Waals surface area contributed by atoms with Gasteiger partial charge in [-0.2, -0.15) is 0 Å². The number of piperidine rings is 2. The van der Waals surface area contributed by atoms with Crippen molar-refractivity contribution in [2.24, 2.45) is 5.92 Å². The number of fused-ring (bicyclic) bond motifs is 1. The van der Waals surface area contributed by atoms with E-state index in [4.69, 9.17) is 4.74 Å². The summed E-state index contributed by atoms with van der Waals surface area (Å²) in [5.74, 6) is -0.579. The second-order valence-corrected chi connectivity index (χ2v) is 6.82. The van der Waals surface area contributed by atoms with Crippen LogP contribution in [0.1, 0.15) is 42.5 Å². The maximum atomic E-state index is 12.3. The monoisotopic (exact) mass is 363 g/mol. The molecule has 0 N–H and O–H groups in total. The first-order valence-electron chi connectivity index (χ1n) is 8.81. The molecule has 2 fully saturated rings. The van der Waals surface area contributed by atoms with Crippen molar-refractivity contribution in [1.29, 1.82) is 0 Å². The standard InChI is InChI=1S/C17H21N3O6/c21-17(14-7-6-13(19(22)23)10-16(14)20(24)25)26-11-12-4-3-9-18-8-2-1-5-15(12)18/h6-7,10,12,15H,1-5,8-9,11H2/t12-,15-/m0/s1. The highest BCUT2D eigenvalue weighted by Gasteiger charge is 2.34. The summed E-state index contributed by atoms with van der Waals surface area (Å²) in [6.07, 6.45) is 5.46. The van der Waals surface area contributed by atoms with Gasteiger partial charge in [-0.05, 0) is 44.8 Å². The average Bonchev–Trinajstić information content (AvgIpc) is 2.65. The summed E-state index contributed by atoms with van der Waals surface area (Å²) in [5, 5.41) is 21.9. The number of esters is 1. The van der Waals surface area contributed by atoms with E-state index in [1.165, 1.54) is 12.8 Å². The molecule has 9 heteroatoms. The minimum atomic E-state index is -0.806. The lowest BCUT2D eigenvalue weighted by atomic mass is 9.84. The van der Waals surface area contributed by atoms with Gasteiger partial charge in [0.1, 0.15) is 5.56 Å². The summed E-state index contributed by atoms with van der Waals surface area (Å²) < 4.78 is 5.37. The third kappa shape index (κ3) is 3.82. The normalized spacial score (nSPS) is 23.1. The fraction of sp³-hybridized carbons (Fsp3) is 0.588. The van der Waals surface area contributed by atoms with Gasteiger partial charge < -0.3 is 4.74 Å². The molecule has 0 bridgehead atoms. The van der Waals surface area contributed by atoms with Crippen LogP contribution in [0.2, 0.25) is 0 Å². The lowest BCUT2D eigenvalue weighted by Gasteiger charge is -2.44. The number of carbonyl (C=O) groups excluding carboxylic acids is 1. The highest BCUT2D eigenvalue weighted by atomic mass is 16.6. The van der Waals surface area contributed by atoms with Gasteiger partial charge in [0, 0.05) is 18.0 Å². The number of nitro groups is 2. The molecule has 0 amide bonds. The number of carbonyl (C=O) groups is 1. The Bertz CT molecular complexity index is 720. The van der Waals surface area contributed by atoms with Gasteiger partial charge in [-0.3, -0.25) is 25.1 Å². The number of hydrogen-bond donors (Lipinski definition) is 0. The molecule has 1 aromatic carbocycles. The van der Waals surface area contributed by atoms with Crippen molar-refractivity contribution in [2.75, 3.05) is 19.7 Å². The molecule has 9 nitrogen and oxygen atoms in total. The van der Waals surface area contributed by atoms with Gasteiger partial charge in [0.2, 0.25) is 0 Å². The number of hydrogen-bond acceptors (Lipinski definition) is 7. The number of rotatable bonds is 5. The first-order chi connectivity index (χ1) is 12.5. The second-order valence-electron chi connectivity index (χ2n) is 6.82. The van der Waals surface area contributed by atoms with Crippen LogP contribution in [-0.2, 0) is 4.74 Å². The molecule has 0 aromatic heterocycles. The molecular formula is C17H21N3O6. The molecule has 2 atom stereocenters. The number of ether oxygens (including phenoxy) is 1. The van der Waals surface area contributed by atoms with Crippen molar-refractivity contribution in [3.05, 3.63) is 44.0 Å². The van der Waals surface area contributed by atoms with Crippen LogP contribution in [0.3, 0.4) is 0 Å². The highest BCUT2D eigenvalue weighted by molar-refractivity contribution is 5.94. The summed E-state index contributed by atoms with van der Waals surface area (Å²) in [4.78, 5) is 35.2. The number of non-ortho nitro benzene ring substituents is 1. The number of benzene rings is 1. The van der Waals surface area contributed by atoms with Crippen molar-refractivity contribution in [3.63, 3.8) is 0 Å². The highest BCUT2D eigenvalue weighted by Crippen LogP contribution is 2.31. The zero-order valence-corrected chi connectivity index (χ0v) is 14.3. The fourth-order valence-electron chi connectivity index (χ4n) is 3.99. The van der Waals surface area contributed by atoms with E-state index in [0.29, 0.717) is 6.04 Å². The summed E-state index contributed by atoms with van der Waals surface area (Å²) in [6, 6.07) is 3.36. The van der Waals surface area contributed by atoms with Crippen LogP contribution in [0.5, 0.6) is 0 Å². The van der Waals surface area contributed by atoms with E-state index in [2.05, 4.69) is 4.90 Å². The minimum Gasteiger partial charge on any atom is -0.462 e. The Morgan fingerprint density at radius 2 is 1.88 bits per heavy atom. The van der Waals surface area contributed by atoms with Crippen molar-refractivity contribution in [2.45, 2.75) is 38.1 Å². The molecule has 1 aromatic rings. The molecule has 3 rings (SSSR count). The molecule has 0 spiro atoms. The molecule has 2 saturated heterocycles. The smallest absolute Gasteiger partial charge is 0.345 e. The molecule has 0 aliphatic carbocycles. The Balaban J connectivity index is 1.70. The first kappa shape index (κ1) is 18.2. The topological polar surface area (TPSA) is 116 Å². The van der Waals surface area contributed by atoms with Crippen LogP contribution < -0.4 is 0 Å². The summed E-state index contributed by atoms with van der Waals surface area (Å²) in [6.45, 7) is 2.36. The molecule has 0 radical (unpaired) electrons. The van der Waals surface area contributed by atoms with E-state index in [1.807, 2.05) is 0 Å². The minimum absolute atomic E-state index is 0.216. The molecule has 0 unspecified atom stereocenters. The second kappa shape index (κ2) is 7.77. The van der Waals surface area contributed by atoms with Crippen molar-refractivity contribution >= 4 is 17.3 Å². The predicted molar refractivity (Wildman–Crippen MR) is 92.0 cm³/mol. The van der Waals surface area contributed by atoms with Gasteiger partial charge in [-0.1, -0.05) is 6.42 Å². The van der Waals surface area contributed by atoms with E-state index < -0.39 is 27.2 Å². The Hall–Kier alpha value is -2.55. The lowest BCUT2D eigenvalue weighted by molar-refractivity contribution is -0.394. The van der Waals surface area contributed by atoms with Crippen molar-refractivity contribution in [1.82, 2.24) is 4.90 Å². The first-order valence-corrected chi connectivity index (χ1v) is 8.81. The van der Waals surface area contributed by atoms with Crippen LogP contribution in [0.15, 0.2) is 18.2 Å². The van der Waals surface area contributed by atoms with Gasteiger partial charge in [-0.15, -0.1) is 0 Å². The van der Waals surface area contributed by atoms with Crippen LogP contribution in [0, 0.1) is 26.1 Å². The molecule has 2 aliphatic heterocycles. The molecule has 2 heterocycles. The van der Waals surface area contributed by atoms with Crippen molar-refractivity contribution in [3.8, 4) is 0 Å². The Morgan fingerprint density at radius 3 is 2.62 bits per heavy atom. The zero-order valence-electron chi connectivity index (χ0n) is 14.3. The van der Waals surface area contributed by atoms with Crippen LogP contribution in [-0.4, -0.2) is 46.5 Å². The van der Waals surface area contributed by atoms with E-state index >= 15 is 0 Å². The number of nitrogens with zero attached hydrogens (tertiary/aromatic N) is 3. The SMILES string of the molecule is O=C(OC[C@@H]1CCCN2CCCC[C@@H]12)c1ccc([N+](=O)[O-])cc1[N+](=O)[O-]. The summed E-state index contributed by atoms with van der Waals surface area (Å²) in [7, 11) is 0. The fourth-order valence-corrected chi connectivity index (χ4v) is 3.99. The molecule has 140 valence electrons. The number of nitro benzene ring substituents is 2. The third-order valence-corrected chi connectivity index (χ3v) is 5.27. The average molecular weight is 363 g/mol. The van der Waals surface area contributed by atoms with Crippen LogP contribution >= 0.6 is 0 Å². The summed E-state index contributed by atoms with van der Waals surface area (Å²) >= 11 is 0. The Morgan fingerprint density at radius 1 is 1.12 bits per heavy atom. The molecule has 0 saturated carbocycles. The lowest BCUT2D eigenvalue weighted by Crippen LogP contribution is -2.49. The van der Waals surface area contributed by atoms with E-state index in [0.717, 1.165) is 50.6 Å². The maximum absolute atomic E-state index is 12.3. The summed E-state index contributed by atoms with van der Waals surface area (Å²) in [5.41, 5.74) is -1.29.